The smallest absolute Gasteiger partial charge is 0.316 e. The summed E-state index contributed by atoms with van der Waals surface area (Å²) < 4.78 is 49.8. The van der Waals surface area contributed by atoms with Crippen LogP contribution in [-0.4, -0.2) is 30.1 Å². The van der Waals surface area contributed by atoms with Gasteiger partial charge in [0, 0.05) is 0 Å². The van der Waals surface area contributed by atoms with Crippen molar-refractivity contribution in [2.24, 2.45) is 0 Å². The zero-order valence-corrected chi connectivity index (χ0v) is 11.5. The number of rotatable bonds is 4. The highest BCUT2D eigenvalue weighted by molar-refractivity contribution is 6.04. The minimum atomic E-state index is -1.51. The fraction of sp³-hybridized carbons (Fsp3) is 0.154. The second-order valence-corrected chi connectivity index (χ2v) is 3.98. The van der Waals surface area contributed by atoms with Crippen LogP contribution < -0.4 is 14.8 Å². The molecule has 2 rings (SSSR count). The first kappa shape index (κ1) is 15.5. The predicted octanol–water partition coefficient (Wildman–Crippen LogP) is 2.16. The number of ether oxygens (including phenoxy) is 2. The molecule has 6 nitrogen and oxygen atoms in total. The van der Waals surface area contributed by atoms with Crippen molar-refractivity contribution in [3.05, 3.63) is 41.5 Å². The zero-order chi connectivity index (χ0) is 16.3. The van der Waals surface area contributed by atoms with E-state index in [2.05, 4.69) is 20.0 Å². The molecule has 0 aliphatic heterocycles. The van der Waals surface area contributed by atoms with Gasteiger partial charge in [0.2, 0.25) is 5.82 Å². The third-order valence-electron chi connectivity index (χ3n) is 2.63. The Labute approximate surface area is 122 Å². The van der Waals surface area contributed by atoms with Gasteiger partial charge in [-0.25, -0.2) is 18.7 Å². The van der Waals surface area contributed by atoms with Crippen molar-refractivity contribution in [2.45, 2.75) is 0 Å². The number of carbonyl (C=O) groups is 1. The van der Waals surface area contributed by atoms with Crippen molar-refractivity contribution in [1.82, 2.24) is 9.97 Å². The van der Waals surface area contributed by atoms with Crippen molar-refractivity contribution in [3.8, 4) is 11.8 Å². The van der Waals surface area contributed by atoms with Crippen molar-refractivity contribution >= 4 is 11.6 Å². The summed E-state index contributed by atoms with van der Waals surface area (Å²) in [6.45, 7) is 0. The Morgan fingerprint density at radius 3 is 2.27 bits per heavy atom. The average Bonchev–Trinajstić information content (AvgIpc) is 2.52. The fourth-order valence-electron chi connectivity index (χ4n) is 1.61. The van der Waals surface area contributed by atoms with E-state index in [1.54, 1.807) is 0 Å². The second kappa shape index (κ2) is 6.29. The summed E-state index contributed by atoms with van der Waals surface area (Å²) in [4.78, 5) is 19.4. The Kier molecular flexibility index (Phi) is 4.44. The molecule has 22 heavy (non-hydrogen) atoms. The molecule has 0 spiro atoms. The molecule has 1 amide bonds. The van der Waals surface area contributed by atoms with Gasteiger partial charge in [-0.1, -0.05) is 0 Å². The maximum atomic E-state index is 13.9. The van der Waals surface area contributed by atoms with E-state index in [-0.39, 0.29) is 11.7 Å². The Morgan fingerprint density at radius 2 is 1.73 bits per heavy atom. The van der Waals surface area contributed by atoms with Gasteiger partial charge >= 0.3 is 6.01 Å². The number of carbonyl (C=O) groups excluding carboxylic acids is 1. The summed E-state index contributed by atoms with van der Waals surface area (Å²) >= 11 is 0. The number of benzene rings is 1. The van der Waals surface area contributed by atoms with Crippen LogP contribution in [0, 0.1) is 17.5 Å². The molecule has 1 N–H and O–H groups in total. The van der Waals surface area contributed by atoms with Gasteiger partial charge in [0.15, 0.2) is 17.4 Å². The Morgan fingerprint density at radius 1 is 1.09 bits per heavy atom. The summed E-state index contributed by atoms with van der Waals surface area (Å²) in [6.07, 6.45) is 2.41. The summed E-state index contributed by atoms with van der Waals surface area (Å²) in [7, 11) is 2.32. The van der Waals surface area contributed by atoms with Crippen molar-refractivity contribution in [2.75, 3.05) is 19.5 Å². The van der Waals surface area contributed by atoms with Crippen LogP contribution in [0.25, 0.3) is 0 Å². The van der Waals surface area contributed by atoms with Gasteiger partial charge in [-0.05, 0) is 6.07 Å². The van der Waals surface area contributed by atoms with Gasteiger partial charge in [-0.15, -0.1) is 0 Å². The first-order chi connectivity index (χ1) is 10.5. The molecule has 0 radical (unpaired) electrons. The molecular weight excluding hydrogens is 303 g/mol. The van der Waals surface area contributed by atoms with Crippen molar-refractivity contribution in [3.63, 3.8) is 0 Å². The molecule has 1 aromatic heterocycles. The number of anilines is 1. The van der Waals surface area contributed by atoms with E-state index in [0.29, 0.717) is 6.07 Å². The van der Waals surface area contributed by atoms with Gasteiger partial charge in [0.05, 0.1) is 37.9 Å². The average molecular weight is 313 g/mol. The lowest BCUT2D eigenvalue weighted by Gasteiger charge is -2.10. The van der Waals surface area contributed by atoms with Gasteiger partial charge in [-0.2, -0.15) is 4.39 Å². The molecule has 0 unspecified atom stereocenters. The predicted molar refractivity (Wildman–Crippen MR) is 69.4 cm³/mol. The van der Waals surface area contributed by atoms with Crippen LogP contribution in [0.5, 0.6) is 11.8 Å². The van der Waals surface area contributed by atoms with E-state index in [0.717, 1.165) is 7.11 Å². The number of aromatic nitrogens is 2. The highest BCUT2D eigenvalue weighted by Gasteiger charge is 2.23. The summed E-state index contributed by atoms with van der Waals surface area (Å²) in [6, 6.07) is 0.506. The van der Waals surface area contributed by atoms with Crippen LogP contribution in [0.2, 0.25) is 0 Å². The highest BCUT2D eigenvalue weighted by atomic mass is 19.2. The summed E-state index contributed by atoms with van der Waals surface area (Å²) in [5.41, 5.74) is -0.597. The topological polar surface area (TPSA) is 73.3 Å². The van der Waals surface area contributed by atoms with E-state index in [4.69, 9.17) is 4.74 Å². The number of nitrogens with one attached hydrogen (secondary N) is 1. The number of nitrogens with zero attached hydrogens (tertiary/aromatic N) is 2. The highest BCUT2D eigenvalue weighted by Crippen LogP contribution is 2.27. The number of halogens is 3. The lowest BCUT2D eigenvalue weighted by atomic mass is 10.1. The Hall–Kier alpha value is -2.84. The molecule has 116 valence electrons. The first-order valence-electron chi connectivity index (χ1n) is 5.86. The Bertz CT molecular complexity index is 708. The molecule has 0 fully saturated rings. The molecule has 0 saturated heterocycles. The van der Waals surface area contributed by atoms with Crippen molar-refractivity contribution in [1.29, 1.82) is 0 Å². The quantitative estimate of drug-likeness (QED) is 0.876. The van der Waals surface area contributed by atoms with E-state index < -0.39 is 34.7 Å². The van der Waals surface area contributed by atoms with Gasteiger partial charge in [0.25, 0.3) is 5.91 Å². The first-order valence-corrected chi connectivity index (χ1v) is 5.86. The molecule has 1 aromatic carbocycles. The lowest BCUT2D eigenvalue weighted by Crippen LogP contribution is -2.16. The van der Waals surface area contributed by atoms with Crippen LogP contribution >= 0.6 is 0 Å². The van der Waals surface area contributed by atoms with Gasteiger partial charge in [0.1, 0.15) is 0 Å². The summed E-state index contributed by atoms with van der Waals surface area (Å²) in [5.74, 6) is -6.22. The summed E-state index contributed by atoms with van der Waals surface area (Å²) in [5, 5.41) is 2.24. The number of hydrogen-bond donors (Lipinski definition) is 1. The third-order valence-corrected chi connectivity index (χ3v) is 2.63. The van der Waals surface area contributed by atoms with E-state index in [9.17, 15) is 18.0 Å². The minimum Gasteiger partial charge on any atom is -0.491 e. The van der Waals surface area contributed by atoms with Gasteiger partial charge in [-0.3, -0.25) is 4.79 Å². The van der Waals surface area contributed by atoms with E-state index in [1.165, 1.54) is 19.5 Å². The Balaban J connectivity index is 2.31. The number of methoxy groups -OCH3 is 2. The molecule has 0 aliphatic rings. The van der Waals surface area contributed by atoms with E-state index >= 15 is 0 Å². The molecule has 0 aliphatic carbocycles. The number of hydrogen-bond acceptors (Lipinski definition) is 5. The SMILES string of the molecule is COc1ncc(NC(=O)c2cc(F)c(F)c(OC)c2F)cn1. The molecule has 0 atom stereocenters. The zero-order valence-electron chi connectivity index (χ0n) is 11.5. The molecular formula is C13H10F3N3O3. The third kappa shape index (κ3) is 2.92. The minimum absolute atomic E-state index is 0.0682. The molecule has 0 bridgehead atoms. The monoisotopic (exact) mass is 313 g/mol. The fourth-order valence-corrected chi connectivity index (χ4v) is 1.61. The number of amides is 1. The normalized spacial score (nSPS) is 10.2. The van der Waals surface area contributed by atoms with Crippen LogP contribution in [0.15, 0.2) is 18.5 Å². The van der Waals surface area contributed by atoms with Crippen molar-refractivity contribution < 1.29 is 27.4 Å². The van der Waals surface area contributed by atoms with Crippen LogP contribution in [0.4, 0.5) is 18.9 Å². The molecule has 2 aromatic rings. The maximum Gasteiger partial charge on any atom is 0.316 e. The molecule has 1 heterocycles. The molecule has 0 saturated carbocycles. The molecule has 9 heteroatoms. The standard InChI is InChI=1S/C13H10F3N3O3/c1-21-11-9(15)7(3-8(14)10(11)16)12(20)19-6-4-17-13(22-2)18-5-6/h3-5H,1-2H3,(H,19,20). The second-order valence-electron chi connectivity index (χ2n) is 3.98. The largest absolute Gasteiger partial charge is 0.491 e. The maximum absolute atomic E-state index is 13.9. The van der Waals surface area contributed by atoms with E-state index in [1.807, 2.05) is 0 Å². The van der Waals surface area contributed by atoms with Crippen LogP contribution in [0.3, 0.4) is 0 Å². The van der Waals surface area contributed by atoms with Gasteiger partial charge < -0.3 is 14.8 Å². The van der Waals surface area contributed by atoms with Crippen LogP contribution in [-0.2, 0) is 0 Å². The lowest BCUT2D eigenvalue weighted by molar-refractivity contribution is 0.102. The van der Waals surface area contributed by atoms with Crippen LogP contribution in [0.1, 0.15) is 10.4 Å².